The maximum absolute atomic E-state index is 12.1. The molecule has 0 spiro atoms. The highest BCUT2D eigenvalue weighted by Gasteiger charge is 2.37. The topological polar surface area (TPSA) is 88.3 Å². The van der Waals surface area contributed by atoms with E-state index in [1.807, 2.05) is 23.1 Å². The molecule has 1 saturated heterocycles. The first-order valence-electron chi connectivity index (χ1n) is 8.62. The Morgan fingerprint density at radius 2 is 2.08 bits per heavy atom. The molecule has 2 amide bonds. The van der Waals surface area contributed by atoms with E-state index in [2.05, 4.69) is 15.5 Å². The fourth-order valence-corrected chi connectivity index (χ4v) is 3.08. The van der Waals surface area contributed by atoms with Crippen molar-refractivity contribution in [3.8, 4) is 0 Å². The van der Waals surface area contributed by atoms with Crippen LogP contribution in [0.1, 0.15) is 47.3 Å². The first-order chi connectivity index (χ1) is 12.2. The van der Waals surface area contributed by atoms with Crippen molar-refractivity contribution in [1.82, 2.24) is 20.4 Å². The van der Waals surface area contributed by atoms with Crippen LogP contribution in [-0.2, 0) is 11.3 Å². The molecule has 2 heterocycles. The van der Waals surface area contributed by atoms with Crippen molar-refractivity contribution in [2.75, 3.05) is 13.1 Å². The van der Waals surface area contributed by atoms with Crippen LogP contribution >= 0.6 is 0 Å². The maximum atomic E-state index is 12.1. The highest BCUT2D eigenvalue weighted by molar-refractivity contribution is 5.93. The monoisotopic (exact) mass is 340 g/mol. The van der Waals surface area contributed by atoms with Crippen LogP contribution in [0.5, 0.6) is 0 Å². The van der Waals surface area contributed by atoms with E-state index in [0.29, 0.717) is 36.2 Å². The number of likely N-dealkylation sites (tertiary alicyclic amines) is 1. The van der Waals surface area contributed by atoms with E-state index in [4.69, 9.17) is 4.52 Å². The Kier molecular flexibility index (Phi) is 4.21. The highest BCUT2D eigenvalue weighted by Crippen LogP contribution is 2.34. The van der Waals surface area contributed by atoms with E-state index in [-0.39, 0.29) is 24.3 Å². The van der Waals surface area contributed by atoms with Crippen molar-refractivity contribution in [2.24, 2.45) is 5.92 Å². The van der Waals surface area contributed by atoms with E-state index in [0.717, 1.165) is 6.54 Å². The summed E-state index contributed by atoms with van der Waals surface area (Å²) in [5.41, 5.74) is 0.586. The summed E-state index contributed by atoms with van der Waals surface area (Å²) in [5, 5.41) is 6.69. The van der Waals surface area contributed by atoms with Gasteiger partial charge < -0.3 is 14.7 Å². The van der Waals surface area contributed by atoms with Crippen LogP contribution in [0.3, 0.4) is 0 Å². The zero-order valence-electron chi connectivity index (χ0n) is 13.9. The molecule has 25 heavy (non-hydrogen) atoms. The molecule has 0 radical (unpaired) electrons. The number of hydrogen-bond acceptors (Lipinski definition) is 5. The predicted octanol–water partition coefficient (Wildman–Crippen LogP) is 1.73. The van der Waals surface area contributed by atoms with Crippen molar-refractivity contribution in [1.29, 1.82) is 0 Å². The number of carbonyl (C=O) groups is 2. The van der Waals surface area contributed by atoms with E-state index >= 15 is 0 Å². The smallest absolute Gasteiger partial charge is 0.251 e. The van der Waals surface area contributed by atoms with E-state index in [1.54, 1.807) is 12.1 Å². The Bertz CT molecular complexity index is 770. The van der Waals surface area contributed by atoms with Gasteiger partial charge in [0.05, 0.1) is 12.5 Å². The van der Waals surface area contributed by atoms with Crippen LogP contribution in [0.2, 0.25) is 0 Å². The van der Waals surface area contributed by atoms with Crippen molar-refractivity contribution in [2.45, 2.75) is 31.7 Å². The molecule has 1 aliphatic heterocycles. The third-order valence-electron chi connectivity index (χ3n) is 4.67. The lowest BCUT2D eigenvalue weighted by Crippen LogP contribution is -2.27. The minimum absolute atomic E-state index is 0.0441. The van der Waals surface area contributed by atoms with Gasteiger partial charge in [-0.1, -0.05) is 23.4 Å². The molecular weight excluding hydrogens is 320 g/mol. The molecule has 7 nitrogen and oxygen atoms in total. The lowest BCUT2D eigenvalue weighted by Gasteiger charge is -2.14. The Hall–Kier alpha value is -2.70. The van der Waals surface area contributed by atoms with Gasteiger partial charge in [0.2, 0.25) is 11.8 Å². The summed E-state index contributed by atoms with van der Waals surface area (Å²) in [7, 11) is 0. The number of rotatable bonds is 6. The molecule has 1 saturated carbocycles. The largest absolute Gasteiger partial charge is 0.345 e. The SMILES string of the molecule is O=C(NCc1noc([C@H]2CC(=O)N(CC3CC3)C2)n1)c1ccccc1. The summed E-state index contributed by atoms with van der Waals surface area (Å²) in [5.74, 6) is 1.52. The second-order valence-electron chi connectivity index (χ2n) is 6.74. The van der Waals surface area contributed by atoms with Crippen molar-refractivity contribution >= 4 is 11.8 Å². The Balaban J connectivity index is 1.33. The molecule has 130 valence electrons. The number of benzene rings is 1. The van der Waals surface area contributed by atoms with E-state index < -0.39 is 0 Å². The van der Waals surface area contributed by atoms with Gasteiger partial charge in [-0.3, -0.25) is 9.59 Å². The number of carbonyl (C=O) groups excluding carboxylic acids is 2. The van der Waals surface area contributed by atoms with Crippen molar-refractivity contribution < 1.29 is 14.1 Å². The fraction of sp³-hybridized carbons (Fsp3) is 0.444. The molecule has 2 fully saturated rings. The van der Waals surface area contributed by atoms with E-state index in [1.165, 1.54) is 12.8 Å². The zero-order valence-corrected chi connectivity index (χ0v) is 13.9. The summed E-state index contributed by atoms with van der Waals surface area (Å²) < 4.78 is 5.31. The van der Waals surface area contributed by atoms with Crippen LogP contribution in [0.15, 0.2) is 34.9 Å². The number of hydrogen-bond donors (Lipinski definition) is 1. The number of nitrogens with one attached hydrogen (secondary N) is 1. The molecule has 2 aliphatic rings. The van der Waals surface area contributed by atoms with Gasteiger partial charge in [-0.2, -0.15) is 4.98 Å². The summed E-state index contributed by atoms with van der Waals surface area (Å²) in [4.78, 5) is 30.4. The number of nitrogens with zero attached hydrogens (tertiary/aromatic N) is 3. The molecule has 1 atom stereocenters. The molecule has 1 aliphatic carbocycles. The molecule has 2 aromatic rings. The molecule has 1 aromatic carbocycles. The first kappa shape index (κ1) is 15.8. The van der Waals surface area contributed by atoms with Crippen molar-refractivity contribution in [3.63, 3.8) is 0 Å². The maximum Gasteiger partial charge on any atom is 0.251 e. The van der Waals surface area contributed by atoms with Gasteiger partial charge in [-0.05, 0) is 30.9 Å². The molecule has 0 unspecified atom stereocenters. The van der Waals surface area contributed by atoms with Crippen molar-refractivity contribution in [3.05, 3.63) is 47.6 Å². The highest BCUT2D eigenvalue weighted by atomic mass is 16.5. The Morgan fingerprint density at radius 3 is 2.84 bits per heavy atom. The first-order valence-corrected chi connectivity index (χ1v) is 8.62. The van der Waals surface area contributed by atoms with Gasteiger partial charge in [0, 0.05) is 25.1 Å². The minimum atomic E-state index is -0.182. The van der Waals surface area contributed by atoms with Crippen LogP contribution in [0.25, 0.3) is 0 Å². The Morgan fingerprint density at radius 1 is 1.28 bits per heavy atom. The van der Waals surface area contributed by atoms with Crippen LogP contribution in [-0.4, -0.2) is 39.9 Å². The van der Waals surface area contributed by atoms with Gasteiger partial charge in [0.1, 0.15) is 0 Å². The Labute approximate surface area is 145 Å². The molecule has 1 N–H and O–H groups in total. The number of aromatic nitrogens is 2. The molecule has 7 heteroatoms. The van der Waals surface area contributed by atoms with Crippen LogP contribution < -0.4 is 5.32 Å². The average molecular weight is 340 g/mol. The van der Waals surface area contributed by atoms with Crippen LogP contribution in [0, 0.1) is 5.92 Å². The third-order valence-corrected chi connectivity index (χ3v) is 4.67. The molecular formula is C18H20N4O3. The summed E-state index contributed by atoms with van der Waals surface area (Å²) in [6.07, 6.45) is 2.87. The second-order valence-corrected chi connectivity index (χ2v) is 6.74. The standard InChI is InChI=1S/C18H20N4O3/c23-16-8-14(11-22(16)10-12-6-7-12)18-20-15(21-25-18)9-19-17(24)13-4-2-1-3-5-13/h1-5,12,14H,6-11H2,(H,19,24)/t14-/m0/s1. The number of amides is 2. The average Bonchev–Trinajstić information content (AvgIpc) is 3.19. The van der Waals surface area contributed by atoms with Gasteiger partial charge in [-0.15, -0.1) is 0 Å². The van der Waals surface area contributed by atoms with Gasteiger partial charge in [0.25, 0.3) is 5.91 Å². The quantitative estimate of drug-likeness (QED) is 0.865. The fourth-order valence-electron chi connectivity index (χ4n) is 3.08. The summed E-state index contributed by atoms with van der Waals surface area (Å²) >= 11 is 0. The van der Waals surface area contributed by atoms with Crippen LogP contribution in [0.4, 0.5) is 0 Å². The van der Waals surface area contributed by atoms with Gasteiger partial charge >= 0.3 is 0 Å². The lowest BCUT2D eigenvalue weighted by atomic mass is 10.1. The molecule has 4 rings (SSSR count). The second kappa shape index (κ2) is 6.66. The predicted molar refractivity (Wildman–Crippen MR) is 88.6 cm³/mol. The molecule has 1 aromatic heterocycles. The summed E-state index contributed by atoms with van der Waals surface area (Å²) in [6, 6.07) is 8.97. The summed E-state index contributed by atoms with van der Waals surface area (Å²) in [6.45, 7) is 1.69. The third kappa shape index (κ3) is 3.70. The lowest BCUT2D eigenvalue weighted by molar-refractivity contribution is -0.127. The van der Waals surface area contributed by atoms with E-state index in [9.17, 15) is 9.59 Å². The van der Waals surface area contributed by atoms with Gasteiger partial charge in [0.15, 0.2) is 5.82 Å². The minimum Gasteiger partial charge on any atom is -0.345 e. The normalized spacial score (nSPS) is 20.1. The zero-order chi connectivity index (χ0) is 17.2. The molecule has 0 bridgehead atoms. The van der Waals surface area contributed by atoms with Gasteiger partial charge in [-0.25, -0.2) is 0 Å².